The Morgan fingerprint density at radius 1 is 1.12 bits per heavy atom. The fourth-order valence-electron chi connectivity index (χ4n) is 4.41. The van der Waals surface area contributed by atoms with Gasteiger partial charge in [-0.3, -0.25) is 24.5 Å². The number of amides is 2. The Balaban J connectivity index is 1.75. The number of hydrogen-bond donors (Lipinski definition) is 0. The van der Waals surface area contributed by atoms with Crippen molar-refractivity contribution in [2.75, 3.05) is 4.90 Å². The van der Waals surface area contributed by atoms with Gasteiger partial charge in [0.1, 0.15) is 5.78 Å². The number of rotatable bonds is 2. The van der Waals surface area contributed by atoms with E-state index in [0.717, 1.165) is 17.4 Å². The minimum absolute atomic E-state index is 0.0248. The van der Waals surface area contributed by atoms with Gasteiger partial charge in [-0.05, 0) is 24.8 Å². The molecule has 1 saturated heterocycles. The maximum Gasteiger partial charge on any atom is 0.271 e. The molecule has 4 atom stereocenters. The lowest BCUT2D eigenvalue weighted by Crippen LogP contribution is -2.46. The maximum absolute atomic E-state index is 12.8. The van der Waals surface area contributed by atoms with Gasteiger partial charge in [0.05, 0.1) is 27.5 Å². The molecule has 7 nitrogen and oxygen atoms in total. The minimum atomic E-state index is -0.608. The van der Waals surface area contributed by atoms with Gasteiger partial charge in [0.25, 0.3) is 5.69 Å². The smallest absolute Gasteiger partial charge is 0.271 e. The highest BCUT2D eigenvalue weighted by Gasteiger charge is 2.61. The molecule has 3 saturated carbocycles. The quantitative estimate of drug-likeness (QED) is 0.464. The Kier molecular flexibility index (Phi) is 3.25. The Hall–Kier alpha value is -2.28. The highest BCUT2D eigenvalue weighted by atomic mass is 35.5. The average molecular weight is 349 g/mol. The van der Waals surface area contributed by atoms with Gasteiger partial charge >= 0.3 is 0 Å². The molecule has 2 amide bonds. The van der Waals surface area contributed by atoms with Gasteiger partial charge in [-0.25, -0.2) is 4.90 Å². The molecule has 0 spiro atoms. The number of Topliss-reactive ketones (excluding diaryl/α,β-unsaturated/α-hetero) is 1. The van der Waals surface area contributed by atoms with Gasteiger partial charge in [0.15, 0.2) is 0 Å². The van der Waals surface area contributed by atoms with Crippen LogP contribution < -0.4 is 4.90 Å². The Morgan fingerprint density at radius 3 is 2.46 bits per heavy atom. The molecule has 0 N–H and O–H groups in total. The number of carbonyl (C=O) groups excluding carboxylic acids is 3. The van der Waals surface area contributed by atoms with Crippen LogP contribution in [0.25, 0.3) is 0 Å². The fourth-order valence-corrected chi connectivity index (χ4v) is 4.67. The Bertz CT molecular complexity index is 808. The maximum atomic E-state index is 12.8. The standard InChI is InChI=1S/C16H13ClN2O5/c17-10-6-8(19(23)24)2-4-11(10)18-15(21)13-7-1-3-9(12(20)5-7)14(13)16(18)22/h2,4,6-7,9,13-14H,1,3,5H2/t7-,9+,13+,14-/m1/s1. The second-order valence-electron chi connectivity index (χ2n) is 6.57. The number of non-ortho nitro benzene ring substituents is 1. The number of imide groups is 1. The Labute approximate surface area is 141 Å². The van der Waals surface area contributed by atoms with E-state index in [1.165, 1.54) is 12.1 Å². The van der Waals surface area contributed by atoms with Crippen molar-refractivity contribution in [3.8, 4) is 0 Å². The first-order valence-corrected chi connectivity index (χ1v) is 8.12. The zero-order chi connectivity index (χ0) is 17.2. The predicted octanol–water partition coefficient (Wildman–Crippen LogP) is 2.35. The van der Waals surface area contributed by atoms with E-state index in [-0.39, 0.29) is 34.0 Å². The number of fused-ring (bicyclic) bond motifs is 2. The third-order valence-electron chi connectivity index (χ3n) is 5.45. The number of ketones is 1. The summed E-state index contributed by atoms with van der Waals surface area (Å²) < 4.78 is 0. The second-order valence-corrected chi connectivity index (χ2v) is 6.98. The molecule has 4 aliphatic rings. The van der Waals surface area contributed by atoms with Gasteiger partial charge in [-0.15, -0.1) is 0 Å². The van der Waals surface area contributed by atoms with Gasteiger partial charge in [0.2, 0.25) is 11.8 Å². The van der Waals surface area contributed by atoms with E-state index in [0.29, 0.717) is 12.8 Å². The summed E-state index contributed by atoms with van der Waals surface area (Å²) in [5.74, 6) is -2.26. The molecule has 1 aromatic rings. The average Bonchev–Trinajstić information content (AvgIpc) is 2.81. The third-order valence-corrected chi connectivity index (χ3v) is 5.75. The number of halogens is 1. The van der Waals surface area contributed by atoms with Crippen LogP contribution in [0.2, 0.25) is 5.02 Å². The van der Waals surface area contributed by atoms with Crippen LogP contribution in [0.15, 0.2) is 18.2 Å². The molecule has 1 aromatic carbocycles. The van der Waals surface area contributed by atoms with Gasteiger partial charge in [-0.2, -0.15) is 0 Å². The topological polar surface area (TPSA) is 97.6 Å². The summed E-state index contributed by atoms with van der Waals surface area (Å²) in [5, 5.41) is 10.8. The van der Waals surface area contributed by atoms with Crippen LogP contribution in [-0.4, -0.2) is 22.5 Å². The van der Waals surface area contributed by atoms with Crippen LogP contribution in [0.3, 0.4) is 0 Å². The zero-order valence-corrected chi connectivity index (χ0v) is 13.2. The second kappa shape index (κ2) is 5.11. The van der Waals surface area contributed by atoms with E-state index in [9.17, 15) is 24.5 Å². The molecule has 0 unspecified atom stereocenters. The van der Waals surface area contributed by atoms with E-state index in [2.05, 4.69) is 0 Å². The molecular formula is C16H13ClN2O5. The largest absolute Gasteiger partial charge is 0.299 e. The number of nitro groups is 1. The molecule has 24 heavy (non-hydrogen) atoms. The molecule has 0 aromatic heterocycles. The zero-order valence-electron chi connectivity index (χ0n) is 12.5. The molecule has 3 aliphatic carbocycles. The lowest BCUT2D eigenvalue weighted by molar-refractivity contribution is -0.384. The molecule has 5 rings (SSSR count). The Morgan fingerprint density at radius 2 is 1.83 bits per heavy atom. The highest BCUT2D eigenvalue weighted by Crippen LogP contribution is 2.52. The van der Waals surface area contributed by atoms with Crippen molar-refractivity contribution >= 4 is 40.6 Å². The van der Waals surface area contributed by atoms with Crippen molar-refractivity contribution in [2.24, 2.45) is 23.7 Å². The third kappa shape index (κ3) is 1.94. The first kappa shape index (κ1) is 15.3. The molecule has 1 aliphatic heterocycles. The molecule has 8 heteroatoms. The van der Waals surface area contributed by atoms with E-state index < -0.39 is 28.6 Å². The van der Waals surface area contributed by atoms with E-state index in [1.54, 1.807) is 0 Å². The summed E-state index contributed by atoms with van der Waals surface area (Å²) in [6.45, 7) is 0. The van der Waals surface area contributed by atoms with Crippen molar-refractivity contribution in [3.05, 3.63) is 33.3 Å². The van der Waals surface area contributed by atoms with Gasteiger partial charge < -0.3 is 0 Å². The molecular weight excluding hydrogens is 336 g/mol. The number of carbonyl (C=O) groups is 3. The summed E-state index contributed by atoms with van der Waals surface area (Å²) >= 11 is 6.08. The summed E-state index contributed by atoms with van der Waals surface area (Å²) in [7, 11) is 0. The monoisotopic (exact) mass is 348 g/mol. The molecule has 124 valence electrons. The van der Waals surface area contributed by atoms with E-state index in [1.807, 2.05) is 0 Å². The number of hydrogen-bond acceptors (Lipinski definition) is 5. The lowest BCUT2D eigenvalue weighted by Gasteiger charge is -2.41. The predicted molar refractivity (Wildman–Crippen MR) is 83.4 cm³/mol. The molecule has 0 radical (unpaired) electrons. The van der Waals surface area contributed by atoms with Crippen molar-refractivity contribution in [3.63, 3.8) is 0 Å². The summed E-state index contributed by atoms with van der Waals surface area (Å²) in [5.41, 5.74) is -0.0611. The van der Waals surface area contributed by atoms with Crippen molar-refractivity contribution < 1.29 is 19.3 Å². The summed E-state index contributed by atoms with van der Waals surface area (Å²) in [6.07, 6.45) is 1.77. The number of nitro benzene ring substituents is 1. The molecule has 1 heterocycles. The highest BCUT2D eigenvalue weighted by molar-refractivity contribution is 6.36. The van der Waals surface area contributed by atoms with Crippen molar-refractivity contribution in [2.45, 2.75) is 19.3 Å². The first-order chi connectivity index (χ1) is 11.4. The van der Waals surface area contributed by atoms with Crippen LogP contribution in [0.1, 0.15) is 19.3 Å². The van der Waals surface area contributed by atoms with Gasteiger partial charge in [0, 0.05) is 24.5 Å². The van der Waals surface area contributed by atoms with Crippen molar-refractivity contribution in [1.29, 1.82) is 0 Å². The van der Waals surface area contributed by atoms with Crippen LogP contribution in [0.5, 0.6) is 0 Å². The van der Waals surface area contributed by atoms with Crippen LogP contribution in [0.4, 0.5) is 11.4 Å². The number of benzene rings is 1. The van der Waals surface area contributed by atoms with Crippen LogP contribution in [0, 0.1) is 33.8 Å². The summed E-state index contributed by atoms with van der Waals surface area (Å²) in [4.78, 5) is 49.0. The van der Waals surface area contributed by atoms with Crippen LogP contribution >= 0.6 is 11.6 Å². The molecule has 2 bridgehead atoms. The van der Waals surface area contributed by atoms with Crippen molar-refractivity contribution in [1.82, 2.24) is 0 Å². The van der Waals surface area contributed by atoms with E-state index >= 15 is 0 Å². The lowest BCUT2D eigenvalue weighted by atomic mass is 9.59. The first-order valence-electron chi connectivity index (χ1n) is 7.74. The fraction of sp³-hybridized carbons (Fsp3) is 0.438. The minimum Gasteiger partial charge on any atom is -0.299 e. The number of nitrogens with zero attached hydrogens (tertiary/aromatic N) is 2. The van der Waals surface area contributed by atoms with Gasteiger partial charge in [-0.1, -0.05) is 11.6 Å². The molecule has 4 fully saturated rings. The number of anilines is 1. The van der Waals surface area contributed by atoms with E-state index in [4.69, 9.17) is 11.6 Å². The normalized spacial score (nSPS) is 31.5. The summed E-state index contributed by atoms with van der Waals surface area (Å²) in [6, 6.07) is 3.65. The van der Waals surface area contributed by atoms with Crippen LogP contribution in [-0.2, 0) is 14.4 Å². The SMILES string of the molecule is O=C1C[C@H]2CC[C@@H]1[C@H]1C(=O)N(c3ccc([N+](=O)[O-])cc3Cl)C(=O)[C@@H]21.